The highest BCUT2D eigenvalue weighted by Crippen LogP contribution is 2.31. The number of amides is 5. The summed E-state index contributed by atoms with van der Waals surface area (Å²) in [4.78, 5) is 68.9. The Balaban J connectivity index is 1.35. The molecule has 1 fully saturated rings. The summed E-state index contributed by atoms with van der Waals surface area (Å²) in [5.74, 6) is -1.50. The number of benzene rings is 3. The quantitative estimate of drug-likeness (QED) is 0.279. The summed E-state index contributed by atoms with van der Waals surface area (Å²) in [6.07, 6.45) is 1.52. The van der Waals surface area contributed by atoms with Crippen LogP contribution in [-0.2, 0) is 46.7 Å². The van der Waals surface area contributed by atoms with Crippen LogP contribution in [0, 0.1) is 0 Å². The first kappa shape index (κ1) is 38.8. The van der Waals surface area contributed by atoms with Crippen LogP contribution < -0.4 is 30.7 Å². The van der Waals surface area contributed by atoms with Crippen molar-refractivity contribution in [3.63, 3.8) is 0 Å². The molecule has 5 amide bonds. The van der Waals surface area contributed by atoms with Gasteiger partial charge in [0.2, 0.25) is 23.6 Å². The zero-order chi connectivity index (χ0) is 38.2. The standard InChI is InChI=1S/C38H45N5O9S/c1-25-34(45)39-19-22-51-29-11-13-30(14-12-29)52-38(17-20-43(21-18-38)33(44)24-28-9-15-31(16-10-28)53(3,49)50)37(48)41-26(2)35(46)42-32(36(47)40-25)23-27-7-5-4-6-8-27/h4-16,25-26,32H,17-24H2,1-3H3,(H,39,45)(H,40,47)(H,41,48)(H,42,46)/t25-,26-,32-/m0/s1. The van der Waals surface area contributed by atoms with Crippen molar-refractivity contribution in [2.75, 3.05) is 32.5 Å². The highest BCUT2D eigenvalue weighted by atomic mass is 32.2. The molecule has 3 aromatic carbocycles. The van der Waals surface area contributed by atoms with E-state index in [0.717, 1.165) is 11.8 Å². The van der Waals surface area contributed by atoms with Crippen molar-refractivity contribution in [1.29, 1.82) is 0 Å². The minimum Gasteiger partial charge on any atom is -0.492 e. The van der Waals surface area contributed by atoms with Gasteiger partial charge in [-0.2, -0.15) is 0 Å². The Kier molecular flexibility index (Phi) is 12.4. The highest BCUT2D eigenvalue weighted by Gasteiger charge is 2.45. The Labute approximate surface area is 308 Å². The van der Waals surface area contributed by atoms with Gasteiger partial charge >= 0.3 is 0 Å². The fourth-order valence-corrected chi connectivity index (χ4v) is 6.72. The molecular formula is C38H45N5O9S. The summed E-state index contributed by atoms with van der Waals surface area (Å²) in [5, 5.41) is 10.9. The summed E-state index contributed by atoms with van der Waals surface area (Å²) in [6, 6.07) is 18.8. The third-order valence-electron chi connectivity index (χ3n) is 9.26. The van der Waals surface area contributed by atoms with Crippen LogP contribution in [0.1, 0.15) is 37.8 Å². The van der Waals surface area contributed by atoms with Gasteiger partial charge in [0.05, 0.1) is 17.9 Å². The number of ether oxygens (including phenoxy) is 2. The Morgan fingerprint density at radius 2 is 1.40 bits per heavy atom. The molecule has 1 spiro atoms. The number of hydrogen-bond donors (Lipinski definition) is 4. The summed E-state index contributed by atoms with van der Waals surface area (Å²) in [5.41, 5.74) is -0.0253. The van der Waals surface area contributed by atoms with Gasteiger partial charge in [-0.05, 0) is 61.4 Å². The number of nitrogens with zero attached hydrogens (tertiary/aromatic N) is 1. The van der Waals surface area contributed by atoms with Crippen LogP contribution in [0.5, 0.6) is 11.5 Å². The van der Waals surface area contributed by atoms with Gasteiger partial charge in [-0.15, -0.1) is 0 Å². The van der Waals surface area contributed by atoms with E-state index in [1.165, 1.54) is 19.1 Å². The van der Waals surface area contributed by atoms with Crippen LogP contribution in [0.15, 0.2) is 83.8 Å². The second kappa shape index (κ2) is 16.9. The molecule has 282 valence electrons. The van der Waals surface area contributed by atoms with Gasteiger partial charge in [-0.1, -0.05) is 42.5 Å². The second-order valence-electron chi connectivity index (χ2n) is 13.4. The number of nitrogens with one attached hydrogen (secondary N) is 4. The maximum Gasteiger partial charge on any atom is 0.264 e. The van der Waals surface area contributed by atoms with E-state index in [2.05, 4.69) is 21.3 Å². The number of likely N-dealkylation sites (tertiary alicyclic amines) is 1. The highest BCUT2D eigenvalue weighted by molar-refractivity contribution is 7.90. The van der Waals surface area contributed by atoms with Gasteiger partial charge in [-0.3, -0.25) is 24.0 Å². The lowest BCUT2D eigenvalue weighted by molar-refractivity contribution is -0.147. The van der Waals surface area contributed by atoms with Crippen LogP contribution in [0.3, 0.4) is 0 Å². The van der Waals surface area contributed by atoms with Crippen molar-refractivity contribution in [2.24, 2.45) is 0 Å². The molecule has 14 nitrogen and oxygen atoms in total. The van der Waals surface area contributed by atoms with Crippen molar-refractivity contribution in [2.45, 2.75) is 68.2 Å². The normalized spacial score (nSPS) is 21.6. The minimum absolute atomic E-state index is 0.0446. The summed E-state index contributed by atoms with van der Waals surface area (Å²) in [6.45, 7) is 3.72. The SMILES string of the molecule is C[C@@H]1NC(=O)[C@H](Cc2ccccc2)NC(=O)[C@H](C)NC(=O)C2(CCN(C(=O)Cc3ccc(S(C)(=O)=O)cc3)CC2)Oc2ccc(cc2)OCCNC1=O. The van der Waals surface area contributed by atoms with E-state index >= 15 is 0 Å². The molecule has 4 N–H and O–H groups in total. The molecule has 3 atom stereocenters. The van der Waals surface area contributed by atoms with Crippen molar-refractivity contribution in [3.05, 3.63) is 90.0 Å². The molecule has 53 heavy (non-hydrogen) atoms. The summed E-state index contributed by atoms with van der Waals surface area (Å²) in [7, 11) is -3.37. The van der Waals surface area contributed by atoms with Crippen LogP contribution >= 0.6 is 0 Å². The molecule has 15 heteroatoms. The average Bonchev–Trinajstić information content (AvgIpc) is 3.13. The van der Waals surface area contributed by atoms with E-state index in [1.54, 1.807) is 48.2 Å². The number of carbonyl (C=O) groups is 5. The van der Waals surface area contributed by atoms with Crippen LogP contribution in [-0.4, -0.2) is 99.1 Å². The van der Waals surface area contributed by atoms with Gasteiger partial charge in [0.15, 0.2) is 15.4 Å². The van der Waals surface area contributed by atoms with E-state index in [1.807, 2.05) is 30.3 Å². The molecule has 6 rings (SSSR count). The minimum atomic E-state index is -3.37. The van der Waals surface area contributed by atoms with Gasteiger partial charge in [0.1, 0.15) is 36.2 Å². The molecule has 0 unspecified atom stereocenters. The predicted molar refractivity (Wildman–Crippen MR) is 195 cm³/mol. The Bertz CT molecular complexity index is 1900. The molecular weight excluding hydrogens is 703 g/mol. The smallest absolute Gasteiger partial charge is 0.264 e. The second-order valence-corrected chi connectivity index (χ2v) is 15.4. The summed E-state index contributed by atoms with van der Waals surface area (Å²) >= 11 is 0. The third-order valence-corrected chi connectivity index (χ3v) is 10.4. The van der Waals surface area contributed by atoms with Crippen LogP contribution in [0.2, 0.25) is 0 Å². The Morgan fingerprint density at radius 3 is 2.04 bits per heavy atom. The number of fused-ring (bicyclic) bond motifs is 15. The van der Waals surface area contributed by atoms with Gasteiger partial charge in [-0.25, -0.2) is 8.42 Å². The van der Waals surface area contributed by atoms with E-state index in [-0.39, 0.29) is 62.7 Å². The fourth-order valence-electron chi connectivity index (χ4n) is 6.09. The Hall–Kier alpha value is -5.44. The molecule has 3 aliphatic rings. The van der Waals surface area contributed by atoms with Crippen molar-refractivity contribution < 1.29 is 41.9 Å². The molecule has 2 bridgehead atoms. The predicted octanol–water partition coefficient (Wildman–Crippen LogP) is 1.32. The molecule has 0 aromatic heterocycles. The summed E-state index contributed by atoms with van der Waals surface area (Å²) < 4.78 is 35.8. The molecule has 3 aliphatic heterocycles. The van der Waals surface area contributed by atoms with Crippen molar-refractivity contribution in [1.82, 2.24) is 26.2 Å². The maximum atomic E-state index is 14.1. The van der Waals surface area contributed by atoms with E-state index in [0.29, 0.717) is 17.1 Å². The molecule has 3 aromatic rings. The maximum absolute atomic E-state index is 14.1. The van der Waals surface area contributed by atoms with E-state index in [9.17, 15) is 32.4 Å². The number of sulfone groups is 1. The lowest BCUT2D eigenvalue weighted by atomic mass is 9.89. The number of rotatable bonds is 5. The molecule has 0 radical (unpaired) electrons. The lowest BCUT2D eigenvalue weighted by Gasteiger charge is -2.41. The monoisotopic (exact) mass is 747 g/mol. The fraction of sp³-hybridized carbons (Fsp3) is 0.395. The third kappa shape index (κ3) is 10.3. The molecule has 0 aliphatic carbocycles. The topological polar surface area (TPSA) is 189 Å². The lowest BCUT2D eigenvalue weighted by Crippen LogP contribution is -2.61. The first-order valence-electron chi connectivity index (χ1n) is 17.4. The van der Waals surface area contributed by atoms with Gasteiger partial charge in [0.25, 0.3) is 5.91 Å². The van der Waals surface area contributed by atoms with Gasteiger partial charge < -0.3 is 35.6 Å². The number of hydrogen-bond acceptors (Lipinski definition) is 9. The number of carbonyl (C=O) groups excluding carboxylic acids is 5. The average molecular weight is 748 g/mol. The van der Waals surface area contributed by atoms with E-state index < -0.39 is 57.2 Å². The first-order valence-corrected chi connectivity index (χ1v) is 19.3. The van der Waals surface area contributed by atoms with E-state index in [4.69, 9.17) is 9.47 Å². The molecule has 3 heterocycles. The molecule has 1 saturated heterocycles. The van der Waals surface area contributed by atoms with Crippen molar-refractivity contribution in [3.8, 4) is 11.5 Å². The van der Waals surface area contributed by atoms with Crippen molar-refractivity contribution >= 4 is 39.4 Å². The molecule has 0 saturated carbocycles. The van der Waals surface area contributed by atoms with Gasteiger partial charge in [0, 0.05) is 38.6 Å². The number of piperidine rings is 1. The first-order chi connectivity index (χ1) is 25.2. The van der Waals surface area contributed by atoms with Crippen LogP contribution in [0.25, 0.3) is 0 Å². The Morgan fingerprint density at radius 1 is 0.774 bits per heavy atom. The van der Waals surface area contributed by atoms with Crippen LogP contribution in [0.4, 0.5) is 0 Å². The zero-order valence-electron chi connectivity index (χ0n) is 29.9. The zero-order valence-corrected chi connectivity index (χ0v) is 30.7. The largest absolute Gasteiger partial charge is 0.492 e.